The summed E-state index contributed by atoms with van der Waals surface area (Å²) in [4.78, 5) is 19.3. The highest BCUT2D eigenvalue weighted by atomic mass is 79.9. The topological polar surface area (TPSA) is 45.2 Å². The maximum absolute atomic E-state index is 12.6. The van der Waals surface area contributed by atoms with Crippen molar-refractivity contribution < 1.29 is 4.79 Å². The number of rotatable bonds is 5. The molecule has 21 heavy (non-hydrogen) atoms. The predicted octanol–water partition coefficient (Wildman–Crippen LogP) is 3.09. The number of thiazole rings is 1. The Morgan fingerprint density at radius 3 is 2.95 bits per heavy atom. The van der Waals surface area contributed by atoms with Gasteiger partial charge in [0.05, 0.1) is 11.7 Å². The van der Waals surface area contributed by atoms with E-state index < -0.39 is 0 Å². The molecule has 1 aromatic rings. The molecular weight excluding hydrogens is 370 g/mol. The van der Waals surface area contributed by atoms with Gasteiger partial charge in [-0.2, -0.15) is 0 Å². The number of halogens is 1. The summed E-state index contributed by atoms with van der Waals surface area (Å²) in [5, 5.41) is 2.09. The number of aromatic nitrogens is 1. The number of carbonyl (C=O) groups is 1. The van der Waals surface area contributed by atoms with E-state index in [-0.39, 0.29) is 12.0 Å². The molecule has 116 valence electrons. The molecule has 0 unspecified atom stereocenters. The lowest BCUT2D eigenvalue weighted by atomic mass is 9.84. The summed E-state index contributed by atoms with van der Waals surface area (Å²) in [6.07, 6.45) is 7.29. The zero-order chi connectivity index (χ0) is 14.8. The highest BCUT2D eigenvalue weighted by Crippen LogP contribution is 2.32. The lowest BCUT2D eigenvalue weighted by Gasteiger charge is -2.34. The molecule has 1 aliphatic carbocycles. The van der Waals surface area contributed by atoms with E-state index >= 15 is 0 Å². The molecule has 0 aromatic carbocycles. The Hall–Kier alpha value is -0.110. The maximum Gasteiger partial charge on any atom is 0.225 e. The van der Waals surface area contributed by atoms with Crippen molar-refractivity contribution in [3.63, 3.8) is 0 Å². The van der Waals surface area contributed by atoms with Gasteiger partial charge >= 0.3 is 0 Å². The maximum atomic E-state index is 12.6. The number of likely N-dealkylation sites (tertiary alicyclic amines) is 1. The van der Waals surface area contributed by atoms with E-state index in [0.29, 0.717) is 11.9 Å². The van der Waals surface area contributed by atoms with Gasteiger partial charge in [0.1, 0.15) is 0 Å². The lowest BCUT2D eigenvalue weighted by molar-refractivity contribution is -0.139. The Morgan fingerprint density at radius 1 is 1.57 bits per heavy atom. The second kappa shape index (κ2) is 6.98. The molecule has 2 heterocycles. The molecule has 1 amide bonds. The normalized spacial score (nSPS) is 26.1. The summed E-state index contributed by atoms with van der Waals surface area (Å²) >= 11 is 6.68. The largest absolute Gasteiger partial charge is 0.337 e. The second-order valence-corrected chi connectivity index (χ2v) is 8.52. The van der Waals surface area contributed by atoms with E-state index in [2.05, 4.69) is 35.9 Å². The third-order valence-electron chi connectivity index (χ3n) is 4.49. The van der Waals surface area contributed by atoms with Crippen LogP contribution in [0.2, 0.25) is 0 Å². The molecule has 7 heteroatoms. The van der Waals surface area contributed by atoms with E-state index in [1.807, 2.05) is 6.26 Å². The van der Waals surface area contributed by atoms with E-state index in [1.54, 1.807) is 23.3 Å². The van der Waals surface area contributed by atoms with Gasteiger partial charge in [-0.15, -0.1) is 11.3 Å². The van der Waals surface area contributed by atoms with Crippen LogP contribution in [-0.2, 0) is 11.2 Å². The van der Waals surface area contributed by atoms with Gasteiger partial charge in [-0.25, -0.2) is 4.98 Å². The third-order valence-corrected chi connectivity index (χ3v) is 6.45. The molecule has 2 fully saturated rings. The zero-order valence-corrected chi connectivity index (χ0v) is 15.3. The van der Waals surface area contributed by atoms with Crippen molar-refractivity contribution >= 4 is 45.1 Å². The summed E-state index contributed by atoms with van der Waals surface area (Å²) in [6, 6.07) is 0.601. The van der Waals surface area contributed by atoms with Crippen LogP contribution >= 0.6 is 39.2 Å². The zero-order valence-electron chi connectivity index (χ0n) is 12.0. The summed E-state index contributed by atoms with van der Waals surface area (Å²) in [5.41, 5.74) is 1.08. The molecule has 1 saturated heterocycles. The molecule has 2 atom stereocenters. The fourth-order valence-electron chi connectivity index (χ4n) is 3.15. The van der Waals surface area contributed by atoms with E-state index in [0.717, 1.165) is 41.8 Å². The van der Waals surface area contributed by atoms with Crippen LogP contribution in [0.25, 0.3) is 0 Å². The summed E-state index contributed by atoms with van der Waals surface area (Å²) < 4.78 is 4.39. The fourth-order valence-corrected chi connectivity index (χ4v) is 4.79. The Morgan fingerprint density at radius 2 is 2.38 bits per heavy atom. The average molecular weight is 390 g/mol. The molecule has 2 aliphatic rings. The number of hydrogen-bond donors (Lipinski definition) is 1. The van der Waals surface area contributed by atoms with Gasteiger partial charge in [0, 0.05) is 30.3 Å². The lowest BCUT2D eigenvalue weighted by Crippen LogP contribution is -2.47. The van der Waals surface area contributed by atoms with Crippen LogP contribution in [0.4, 0.5) is 0 Å². The van der Waals surface area contributed by atoms with Crippen molar-refractivity contribution in [3.05, 3.63) is 15.0 Å². The number of nitrogens with one attached hydrogen (secondary N) is 1. The average Bonchev–Trinajstić information content (AvgIpc) is 2.96. The first-order chi connectivity index (χ1) is 10.2. The third kappa shape index (κ3) is 3.46. The number of carbonyl (C=O) groups excluding carboxylic acids is 1. The first-order valence-electron chi connectivity index (χ1n) is 7.38. The monoisotopic (exact) mass is 389 g/mol. The minimum absolute atomic E-state index is 0.236. The fraction of sp³-hybridized carbons (Fsp3) is 0.714. The molecule has 1 aliphatic heterocycles. The van der Waals surface area contributed by atoms with Crippen molar-refractivity contribution in [3.8, 4) is 0 Å². The molecule has 4 nitrogen and oxygen atoms in total. The Kier molecular flexibility index (Phi) is 5.24. The molecular formula is C14H20BrN3OS2. The van der Waals surface area contributed by atoms with Crippen LogP contribution in [0.15, 0.2) is 9.30 Å². The second-order valence-electron chi connectivity index (χ2n) is 5.74. The SMILES string of the molecule is CSN[C@@H]1CCN(C(=O)C2CCC2)[C@@H]1Cc1csc(Br)n1. The highest BCUT2D eigenvalue weighted by Gasteiger charge is 2.40. The van der Waals surface area contributed by atoms with Crippen LogP contribution in [0.5, 0.6) is 0 Å². The molecule has 1 N–H and O–H groups in total. The summed E-state index contributed by atoms with van der Waals surface area (Å²) in [6.45, 7) is 0.879. The molecule has 0 bridgehead atoms. The minimum Gasteiger partial charge on any atom is -0.337 e. The van der Waals surface area contributed by atoms with Crippen molar-refractivity contribution in [2.24, 2.45) is 5.92 Å². The number of nitrogens with zero attached hydrogens (tertiary/aromatic N) is 2. The van der Waals surface area contributed by atoms with E-state index in [9.17, 15) is 4.79 Å². The first-order valence-corrected chi connectivity index (χ1v) is 10.3. The molecule has 3 rings (SSSR count). The highest BCUT2D eigenvalue weighted by molar-refractivity contribution is 9.11. The predicted molar refractivity (Wildman–Crippen MR) is 91.4 cm³/mol. The standard InChI is InChI=1S/C14H20BrN3OS2/c1-20-17-11-5-6-18(13(19)9-3-2-4-9)12(11)7-10-8-21-14(15)16-10/h8-9,11-12,17H,2-7H2,1H3/t11-,12-/m1/s1. The smallest absolute Gasteiger partial charge is 0.225 e. The van der Waals surface area contributed by atoms with Crippen molar-refractivity contribution in [2.75, 3.05) is 12.8 Å². The summed E-state index contributed by atoms with van der Waals surface area (Å²) in [7, 11) is 0. The van der Waals surface area contributed by atoms with Gasteiger partial charge in [0.25, 0.3) is 0 Å². The van der Waals surface area contributed by atoms with Gasteiger partial charge in [-0.1, -0.05) is 18.4 Å². The van der Waals surface area contributed by atoms with Crippen LogP contribution in [0, 0.1) is 5.92 Å². The van der Waals surface area contributed by atoms with Gasteiger partial charge in [-0.3, -0.25) is 9.52 Å². The summed E-state index contributed by atoms with van der Waals surface area (Å²) in [5.74, 6) is 0.647. The molecule has 0 radical (unpaired) electrons. The Balaban J connectivity index is 1.73. The van der Waals surface area contributed by atoms with Crippen molar-refractivity contribution in [2.45, 2.75) is 44.2 Å². The van der Waals surface area contributed by atoms with Crippen LogP contribution < -0.4 is 4.72 Å². The molecule has 0 spiro atoms. The van der Waals surface area contributed by atoms with Crippen molar-refractivity contribution in [1.82, 2.24) is 14.6 Å². The Bertz CT molecular complexity index is 506. The van der Waals surface area contributed by atoms with Gasteiger partial charge in [0.15, 0.2) is 3.92 Å². The van der Waals surface area contributed by atoms with Gasteiger partial charge < -0.3 is 4.90 Å². The first kappa shape index (κ1) is 15.8. The van der Waals surface area contributed by atoms with E-state index in [4.69, 9.17) is 0 Å². The number of amides is 1. The van der Waals surface area contributed by atoms with Crippen LogP contribution in [0.1, 0.15) is 31.4 Å². The molecule has 1 aromatic heterocycles. The van der Waals surface area contributed by atoms with Gasteiger partial charge in [-0.05, 0) is 41.4 Å². The quantitative estimate of drug-likeness (QED) is 0.785. The van der Waals surface area contributed by atoms with Crippen LogP contribution in [0.3, 0.4) is 0 Å². The van der Waals surface area contributed by atoms with E-state index in [1.165, 1.54) is 6.42 Å². The minimum atomic E-state index is 0.236. The number of hydrogen-bond acceptors (Lipinski definition) is 5. The Labute approximate surface area is 142 Å². The van der Waals surface area contributed by atoms with Gasteiger partial charge in [0.2, 0.25) is 5.91 Å². The molecule has 1 saturated carbocycles. The van der Waals surface area contributed by atoms with Crippen LogP contribution in [-0.4, -0.2) is 40.7 Å². The van der Waals surface area contributed by atoms with Crippen molar-refractivity contribution in [1.29, 1.82) is 0 Å².